The first-order valence-electron chi connectivity index (χ1n) is 10.5. The van der Waals surface area contributed by atoms with Gasteiger partial charge in [-0.05, 0) is 25.8 Å². The highest BCUT2D eigenvalue weighted by Gasteiger charge is 2.34. The Hall–Kier alpha value is -2.86. The molecule has 3 aromatic rings. The molecule has 0 aliphatic carbocycles. The highest BCUT2D eigenvalue weighted by molar-refractivity contribution is 7.91. The number of halogens is 2. The SMILES string of the molecule is Cc1cnc([C@@H](C)[C@H](C)S(=O)(=O)Cc2nnc([C@@H]3CCOC3)n2-c2c(F)cncc2F)nc1. The first-order chi connectivity index (χ1) is 15.7. The van der Waals surface area contributed by atoms with Gasteiger partial charge in [-0.2, -0.15) is 0 Å². The van der Waals surface area contributed by atoms with E-state index in [1.807, 2.05) is 6.92 Å². The molecule has 3 atom stereocenters. The van der Waals surface area contributed by atoms with Gasteiger partial charge >= 0.3 is 0 Å². The van der Waals surface area contributed by atoms with Gasteiger partial charge in [0.1, 0.15) is 23.1 Å². The number of hydrogen-bond donors (Lipinski definition) is 0. The number of pyridine rings is 1. The molecule has 1 fully saturated rings. The van der Waals surface area contributed by atoms with E-state index in [2.05, 4.69) is 25.1 Å². The van der Waals surface area contributed by atoms with Gasteiger partial charge < -0.3 is 4.74 Å². The van der Waals surface area contributed by atoms with Crippen molar-refractivity contribution in [1.29, 1.82) is 0 Å². The van der Waals surface area contributed by atoms with Crippen LogP contribution in [0.3, 0.4) is 0 Å². The maximum Gasteiger partial charge on any atom is 0.168 e. The van der Waals surface area contributed by atoms with Crippen LogP contribution >= 0.6 is 0 Å². The Kier molecular flexibility index (Phi) is 6.48. The summed E-state index contributed by atoms with van der Waals surface area (Å²) in [6.07, 6.45) is 5.56. The lowest BCUT2D eigenvalue weighted by Gasteiger charge is -2.20. The number of aromatic nitrogens is 6. The molecule has 9 nitrogen and oxygen atoms in total. The van der Waals surface area contributed by atoms with Crippen molar-refractivity contribution in [3.05, 3.63) is 59.5 Å². The molecule has 3 aromatic heterocycles. The zero-order valence-corrected chi connectivity index (χ0v) is 19.3. The van der Waals surface area contributed by atoms with Crippen LogP contribution in [-0.2, 0) is 20.3 Å². The molecule has 0 unspecified atom stereocenters. The van der Waals surface area contributed by atoms with Gasteiger partial charge in [-0.3, -0.25) is 9.55 Å². The molecule has 1 saturated heterocycles. The monoisotopic (exact) mass is 478 g/mol. The van der Waals surface area contributed by atoms with E-state index in [9.17, 15) is 17.2 Å². The molecular weight excluding hydrogens is 454 g/mol. The Morgan fingerprint density at radius 3 is 2.39 bits per heavy atom. The summed E-state index contributed by atoms with van der Waals surface area (Å²) in [5.74, 6) is -2.65. The average Bonchev–Trinajstić information content (AvgIpc) is 3.43. The van der Waals surface area contributed by atoms with Crippen molar-refractivity contribution in [2.24, 2.45) is 0 Å². The summed E-state index contributed by atoms with van der Waals surface area (Å²) < 4.78 is 62.5. The molecule has 0 N–H and O–H groups in total. The largest absolute Gasteiger partial charge is 0.381 e. The molecule has 0 spiro atoms. The minimum absolute atomic E-state index is 0.0789. The average molecular weight is 479 g/mol. The van der Waals surface area contributed by atoms with Gasteiger partial charge in [0, 0.05) is 30.8 Å². The fourth-order valence-corrected chi connectivity index (χ4v) is 5.31. The molecule has 33 heavy (non-hydrogen) atoms. The van der Waals surface area contributed by atoms with Crippen LogP contribution in [0.25, 0.3) is 5.69 Å². The molecule has 0 aromatic carbocycles. The Labute approximate surface area is 190 Å². The number of rotatable bonds is 7. The number of aryl methyl sites for hydroxylation is 1. The van der Waals surface area contributed by atoms with Crippen LogP contribution in [0.4, 0.5) is 8.78 Å². The number of sulfone groups is 1. The lowest BCUT2D eigenvalue weighted by Crippen LogP contribution is -2.28. The van der Waals surface area contributed by atoms with Gasteiger partial charge in [0.15, 0.2) is 27.3 Å². The predicted molar refractivity (Wildman–Crippen MR) is 115 cm³/mol. The van der Waals surface area contributed by atoms with Gasteiger partial charge in [0.2, 0.25) is 0 Å². The van der Waals surface area contributed by atoms with Crippen molar-refractivity contribution in [3.63, 3.8) is 0 Å². The van der Waals surface area contributed by atoms with E-state index in [0.29, 0.717) is 25.5 Å². The maximum absolute atomic E-state index is 14.7. The first kappa shape index (κ1) is 23.3. The number of ether oxygens (including phenoxy) is 1. The topological polar surface area (TPSA) is 113 Å². The molecule has 12 heteroatoms. The van der Waals surface area contributed by atoms with Crippen molar-refractivity contribution in [2.75, 3.05) is 13.2 Å². The molecule has 1 aliphatic heterocycles. The third-order valence-electron chi connectivity index (χ3n) is 5.91. The Morgan fingerprint density at radius 2 is 1.79 bits per heavy atom. The zero-order chi connectivity index (χ0) is 23.8. The summed E-state index contributed by atoms with van der Waals surface area (Å²) in [6.45, 7) is 5.89. The molecular formula is C21H24F2N6O3S. The Balaban J connectivity index is 1.72. The van der Waals surface area contributed by atoms with Gasteiger partial charge in [-0.25, -0.2) is 27.2 Å². The molecule has 176 valence electrons. The van der Waals surface area contributed by atoms with Crippen LogP contribution in [0.1, 0.15) is 55.1 Å². The second-order valence-corrected chi connectivity index (χ2v) is 10.6. The van der Waals surface area contributed by atoms with E-state index in [1.165, 1.54) is 0 Å². The molecule has 4 heterocycles. The summed E-state index contributed by atoms with van der Waals surface area (Å²) in [6, 6.07) is 0. The van der Waals surface area contributed by atoms with Crippen molar-refractivity contribution in [2.45, 2.75) is 50.0 Å². The second-order valence-electron chi connectivity index (χ2n) is 8.24. The maximum atomic E-state index is 14.7. The number of hydrogen-bond acceptors (Lipinski definition) is 8. The Bertz CT molecular complexity index is 1220. The fourth-order valence-electron chi connectivity index (χ4n) is 3.76. The van der Waals surface area contributed by atoms with Crippen molar-refractivity contribution in [1.82, 2.24) is 29.7 Å². The van der Waals surface area contributed by atoms with Crippen LogP contribution in [0.2, 0.25) is 0 Å². The third kappa shape index (κ3) is 4.62. The highest BCUT2D eigenvalue weighted by atomic mass is 32.2. The summed E-state index contributed by atoms with van der Waals surface area (Å²) in [7, 11) is -3.83. The highest BCUT2D eigenvalue weighted by Crippen LogP contribution is 2.31. The normalized spacial score (nSPS) is 18.4. The van der Waals surface area contributed by atoms with Gasteiger partial charge in [-0.15, -0.1) is 10.2 Å². The lowest BCUT2D eigenvalue weighted by molar-refractivity contribution is 0.193. The Morgan fingerprint density at radius 1 is 1.12 bits per heavy atom. The van der Waals surface area contributed by atoms with Crippen LogP contribution in [0.15, 0.2) is 24.8 Å². The summed E-state index contributed by atoms with van der Waals surface area (Å²) >= 11 is 0. The van der Waals surface area contributed by atoms with E-state index in [-0.39, 0.29) is 17.6 Å². The predicted octanol–water partition coefficient (Wildman–Crippen LogP) is 2.65. The van der Waals surface area contributed by atoms with E-state index >= 15 is 0 Å². The summed E-state index contributed by atoms with van der Waals surface area (Å²) in [5.41, 5.74) is 0.407. The molecule has 4 rings (SSSR count). The van der Waals surface area contributed by atoms with E-state index in [1.54, 1.807) is 26.2 Å². The molecule has 0 bridgehead atoms. The molecule has 0 amide bonds. The third-order valence-corrected chi connectivity index (χ3v) is 8.11. The quantitative estimate of drug-likeness (QED) is 0.509. The standard InChI is InChI=1S/C21H24F2N6O3S/c1-12-6-25-20(26-7-12)13(2)14(3)33(30,31)11-18-27-28-21(15-4-5-32-10-15)29(18)19-16(22)8-24-9-17(19)23/h6-9,13-15H,4-5,10-11H2,1-3H3/t13-,14-,15+/m0/s1. The fraction of sp³-hybridized carbons (Fsp3) is 0.476. The second kappa shape index (κ2) is 9.18. The number of nitrogens with zero attached hydrogens (tertiary/aromatic N) is 6. The van der Waals surface area contributed by atoms with Crippen LogP contribution < -0.4 is 0 Å². The van der Waals surface area contributed by atoms with Crippen molar-refractivity contribution in [3.8, 4) is 5.69 Å². The summed E-state index contributed by atoms with van der Waals surface area (Å²) in [4.78, 5) is 12.0. The van der Waals surface area contributed by atoms with E-state index in [4.69, 9.17) is 4.74 Å². The molecule has 1 aliphatic rings. The van der Waals surface area contributed by atoms with Crippen molar-refractivity contribution >= 4 is 9.84 Å². The van der Waals surface area contributed by atoms with E-state index < -0.39 is 44.1 Å². The first-order valence-corrected chi connectivity index (χ1v) is 12.2. The van der Waals surface area contributed by atoms with E-state index in [0.717, 1.165) is 22.5 Å². The van der Waals surface area contributed by atoms with Crippen LogP contribution in [-0.4, -0.2) is 56.6 Å². The van der Waals surface area contributed by atoms with Gasteiger partial charge in [0.05, 0.1) is 24.3 Å². The van der Waals surface area contributed by atoms with Gasteiger partial charge in [-0.1, -0.05) is 6.92 Å². The van der Waals surface area contributed by atoms with Crippen LogP contribution in [0.5, 0.6) is 0 Å². The van der Waals surface area contributed by atoms with Crippen LogP contribution in [0, 0.1) is 18.6 Å². The zero-order valence-electron chi connectivity index (χ0n) is 18.4. The molecule has 0 saturated carbocycles. The molecule has 0 radical (unpaired) electrons. The minimum atomic E-state index is -3.83. The van der Waals surface area contributed by atoms with Gasteiger partial charge in [0.25, 0.3) is 0 Å². The summed E-state index contributed by atoms with van der Waals surface area (Å²) in [5, 5.41) is 7.25. The minimum Gasteiger partial charge on any atom is -0.381 e. The smallest absolute Gasteiger partial charge is 0.168 e. The lowest BCUT2D eigenvalue weighted by atomic mass is 10.1. The van der Waals surface area contributed by atoms with Crippen molar-refractivity contribution < 1.29 is 21.9 Å².